The van der Waals surface area contributed by atoms with Crippen LogP contribution in [0, 0.1) is 5.92 Å². The summed E-state index contributed by atoms with van der Waals surface area (Å²) >= 11 is 0. The summed E-state index contributed by atoms with van der Waals surface area (Å²) in [5.41, 5.74) is 6.25. The predicted octanol–water partition coefficient (Wildman–Crippen LogP) is 4.56. The molecule has 1 saturated heterocycles. The molecule has 4 aliphatic rings. The van der Waals surface area contributed by atoms with Crippen LogP contribution in [-0.4, -0.2) is 24.6 Å². The molecular weight excluding hydrogens is 306 g/mol. The number of benzene rings is 2. The standard InChI is InChI=1S/C23H27NO/c1-25-21-10-7-17-8-11-23(22(17)14-21)24-15-16-6-9-20(24)13-19-5-3-2-4-18(19)12-16/h2-5,7,10,14,16,20,23H,6,8-9,11-13,15H2,1H3/t16-,20+,23?/m0/s1. The highest BCUT2D eigenvalue weighted by molar-refractivity contribution is 5.41. The maximum absolute atomic E-state index is 5.51. The maximum atomic E-state index is 5.51. The third-order valence-electron chi connectivity index (χ3n) is 6.73. The SMILES string of the molecule is COc1ccc2c(c1)C(N1C[C@H]3CC[C@@H]1Cc1ccccc1C3)CC2. The van der Waals surface area contributed by atoms with Gasteiger partial charge in [0.2, 0.25) is 0 Å². The van der Waals surface area contributed by atoms with Crippen LogP contribution < -0.4 is 4.74 Å². The van der Waals surface area contributed by atoms with Gasteiger partial charge < -0.3 is 4.74 Å². The van der Waals surface area contributed by atoms with Crippen LogP contribution in [0.3, 0.4) is 0 Å². The topological polar surface area (TPSA) is 12.5 Å². The third-order valence-corrected chi connectivity index (χ3v) is 6.73. The van der Waals surface area contributed by atoms with Crippen molar-refractivity contribution in [3.05, 3.63) is 64.7 Å². The quantitative estimate of drug-likeness (QED) is 0.799. The van der Waals surface area contributed by atoms with Crippen LogP contribution in [0.15, 0.2) is 42.5 Å². The molecule has 2 aromatic rings. The molecule has 130 valence electrons. The van der Waals surface area contributed by atoms with Gasteiger partial charge in [0, 0.05) is 18.6 Å². The van der Waals surface area contributed by atoms with Gasteiger partial charge in [0.1, 0.15) is 5.75 Å². The Morgan fingerprint density at radius 1 is 0.920 bits per heavy atom. The molecule has 3 atom stereocenters. The Morgan fingerprint density at radius 2 is 1.76 bits per heavy atom. The number of hydrogen-bond donors (Lipinski definition) is 0. The van der Waals surface area contributed by atoms with E-state index in [0.717, 1.165) is 11.7 Å². The van der Waals surface area contributed by atoms with Gasteiger partial charge in [-0.2, -0.15) is 0 Å². The summed E-state index contributed by atoms with van der Waals surface area (Å²) in [5.74, 6) is 1.82. The van der Waals surface area contributed by atoms with Crippen molar-refractivity contribution in [3.8, 4) is 5.75 Å². The molecule has 25 heavy (non-hydrogen) atoms. The number of aryl methyl sites for hydroxylation is 1. The second-order valence-corrected chi connectivity index (χ2v) is 8.09. The Bertz CT molecular complexity index is 783. The molecule has 2 aromatic carbocycles. The van der Waals surface area contributed by atoms with Gasteiger partial charge in [0.15, 0.2) is 0 Å². The van der Waals surface area contributed by atoms with Gasteiger partial charge in [-0.1, -0.05) is 30.3 Å². The number of rotatable bonds is 2. The largest absolute Gasteiger partial charge is 0.497 e. The van der Waals surface area contributed by atoms with Gasteiger partial charge >= 0.3 is 0 Å². The highest BCUT2D eigenvalue weighted by Gasteiger charge is 2.38. The Morgan fingerprint density at radius 3 is 2.60 bits per heavy atom. The van der Waals surface area contributed by atoms with Gasteiger partial charge in [-0.15, -0.1) is 0 Å². The summed E-state index contributed by atoms with van der Waals surface area (Å²) in [7, 11) is 1.78. The highest BCUT2D eigenvalue weighted by Crippen LogP contribution is 2.43. The van der Waals surface area contributed by atoms with E-state index in [9.17, 15) is 0 Å². The van der Waals surface area contributed by atoms with Crippen LogP contribution in [0.1, 0.15) is 47.6 Å². The molecule has 2 aliphatic heterocycles. The van der Waals surface area contributed by atoms with Crippen molar-refractivity contribution in [2.75, 3.05) is 13.7 Å². The Hall–Kier alpha value is -1.80. The minimum absolute atomic E-state index is 0.586. The zero-order valence-electron chi connectivity index (χ0n) is 15.1. The van der Waals surface area contributed by atoms with Crippen molar-refractivity contribution < 1.29 is 4.74 Å². The van der Waals surface area contributed by atoms with E-state index in [1.165, 1.54) is 56.2 Å². The van der Waals surface area contributed by atoms with E-state index in [2.05, 4.69) is 47.4 Å². The molecular formula is C23H27NO. The average Bonchev–Trinajstić information content (AvgIpc) is 3.04. The van der Waals surface area contributed by atoms with Gasteiger partial charge in [-0.3, -0.25) is 4.90 Å². The van der Waals surface area contributed by atoms with E-state index in [-0.39, 0.29) is 0 Å². The molecule has 0 spiro atoms. The molecule has 0 saturated carbocycles. The smallest absolute Gasteiger partial charge is 0.119 e. The number of piperidine rings is 1. The van der Waals surface area contributed by atoms with E-state index in [4.69, 9.17) is 4.74 Å². The zero-order valence-corrected chi connectivity index (χ0v) is 15.1. The first-order valence-electron chi connectivity index (χ1n) is 9.81. The fourth-order valence-corrected chi connectivity index (χ4v) is 5.45. The molecule has 0 amide bonds. The molecule has 2 aliphatic carbocycles. The zero-order chi connectivity index (χ0) is 16.8. The minimum Gasteiger partial charge on any atom is -0.497 e. The van der Waals surface area contributed by atoms with Crippen molar-refractivity contribution in [2.45, 2.75) is 50.6 Å². The Labute approximate surface area is 150 Å². The minimum atomic E-state index is 0.586. The summed E-state index contributed by atoms with van der Waals surface area (Å²) in [4.78, 5) is 2.86. The first kappa shape index (κ1) is 15.5. The highest BCUT2D eigenvalue weighted by atomic mass is 16.5. The summed E-state index contributed by atoms with van der Waals surface area (Å²) in [6.45, 7) is 1.26. The summed E-state index contributed by atoms with van der Waals surface area (Å²) in [6, 6.07) is 17.1. The molecule has 2 heterocycles. The van der Waals surface area contributed by atoms with Crippen LogP contribution in [0.2, 0.25) is 0 Å². The molecule has 2 nitrogen and oxygen atoms in total. The molecule has 6 rings (SSSR count). The fourth-order valence-electron chi connectivity index (χ4n) is 5.45. The number of nitrogens with zero attached hydrogens (tertiary/aromatic N) is 1. The van der Waals surface area contributed by atoms with Crippen LogP contribution in [0.5, 0.6) is 5.75 Å². The van der Waals surface area contributed by atoms with E-state index < -0.39 is 0 Å². The lowest BCUT2D eigenvalue weighted by atomic mass is 9.79. The lowest BCUT2D eigenvalue weighted by Gasteiger charge is -2.45. The lowest BCUT2D eigenvalue weighted by molar-refractivity contribution is 0.0573. The van der Waals surface area contributed by atoms with Crippen molar-refractivity contribution in [1.29, 1.82) is 0 Å². The van der Waals surface area contributed by atoms with E-state index in [1.807, 2.05) is 0 Å². The van der Waals surface area contributed by atoms with Crippen molar-refractivity contribution in [2.24, 2.45) is 5.92 Å². The lowest BCUT2D eigenvalue weighted by Crippen LogP contribution is -2.47. The third kappa shape index (κ3) is 2.67. The maximum Gasteiger partial charge on any atom is 0.119 e. The monoisotopic (exact) mass is 333 g/mol. The predicted molar refractivity (Wildman–Crippen MR) is 101 cm³/mol. The summed E-state index contributed by atoms with van der Waals surface area (Å²) < 4.78 is 5.51. The molecule has 0 radical (unpaired) electrons. The van der Waals surface area contributed by atoms with Gasteiger partial charge in [-0.25, -0.2) is 0 Å². The number of fused-ring (bicyclic) bond motifs is 3. The Balaban J connectivity index is 1.49. The fraction of sp³-hybridized carbons (Fsp3) is 0.478. The average molecular weight is 333 g/mol. The van der Waals surface area contributed by atoms with Crippen molar-refractivity contribution >= 4 is 0 Å². The molecule has 2 bridgehead atoms. The van der Waals surface area contributed by atoms with Crippen LogP contribution in [0.25, 0.3) is 0 Å². The second-order valence-electron chi connectivity index (χ2n) is 8.09. The Kier molecular flexibility index (Phi) is 3.82. The molecule has 0 N–H and O–H groups in total. The summed E-state index contributed by atoms with van der Waals surface area (Å²) in [6.07, 6.45) is 7.72. The molecule has 0 aromatic heterocycles. The van der Waals surface area contributed by atoms with Crippen molar-refractivity contribution in [3.63, 3.8) is 0 Å². The van der Waals surface area contributed by atoms with Gasteiger partial charge in [0.25, 0.3) is 0 Å². The first-order chi connectivity index (χ1) is 12.3. The second kappa shape index (κ2) is 6.17. The van der Waals surface area contributed by atoms with E-state index in [0.29, 0.717) is 12.1 Å². The van der Waals surface area contributed by atoms with Crippen LogP contribution in [0.4, 0.5) is 0 Å². The van der Waals surface area contributed by atoms with E-state index >= 15 is 0 Å². The van der Waals surface area contributed by atoms with Crippen LogP contribution >= 0.6 is 0 Å². The molecule has 2 heteroatoms. The number of methoxy groups -OCH3 is 1. The van der Waals surface area contributed by atoms with Gasteiger partial charge in [0.05, 0.1) is 7.11 Å². The molecule has 1 unspecified atom stereocenters. The van der Waals surface area contributed by atoms with Crippen molar-refractivity contribution in [1.82, 2.24) is 4.90 Å². The summed E-state index contributed by atoms with van der Waals surface area (Å²) in [5, 5.41) is 0. The van der Waals surface area contributed by atoms with E-state index in [1.54, 1.807) is 18.2 Å². The number of hydrogen-bond acceptors (Lipinski definition) is 2. The van der Waals surface area contributed by atoms with Gasteiger partial charge in [-0.05, 0) is 78.8 Å². The normalized spacial score (nSPS) is 28.1. The van der Waals surface area contributed by atoms with Crippen LogP contribution in [-0.2, 0) is 19.3 Å². The first-order valence-corrected chi connectivity index (χ1v) is 9.81. The number of ether oxygens (including phenoxy) is 1. The molecule has 1 fully saturated rings.